The molecule has 0 radical (unpaired) electrons. The van der Waals surface area contributed by atoms with E-state index in [1.165, 1.54) is 6.20 Å². The van der Waals surface area contributed by atoms with Gasteiger partial charge in [0, 0.05) is 17.5 Å². The van der Waals surface area contributed by atoms with Crippen molar-refractivity contribution in [3.8, 4) is 0 Å². The van der Waals surface area contributed by atoms with Gasteiger partial charge in [0.2, 0.25) is 0 Å². The highest BCUT2D eigenvalue weighted by Gasteiger charge is 2.44. The summed E-state index contributed by atoms with van der Waals surface area (Å²) in [5.41, 5.74) is 4.90. The first-order chi connectivity index (χ1) is 6.00. The molecule has 0 amide bonds. The van der Waals surface area contributed by atoms with Crippen LogP contribution in [0, 0.1) is 0 Å². The Morgan fingerprint density at radius 1 is 1.54 bits per heavy atom. The van der Waals surface area contributed by atoms with E-state index >= 15 is 0 Å². The smallest absolute Gasteiger partial charge is 0.327 e. The minimum absolute atomic E-state index is 0.140. The highest BCUT2D eigenvalue weighted by molar-refractivity contribution is 5.30. The van der Waals surface area contributed by atoms with E-state index in [9.17, 15) is 13.2 Å². The lowest BCUT2D eigenvalue weighted by Gasteiger charge is -2.05. The SMILES string of the molecule is NC1CC1c1cn[nH]c1C(F)(F)F. The summed E-state index contributed by atoms with van der Waals surface area (Å²) in [4.78, 5) is 0. The van der Waals surface area contributed by atoms with E-state index in [1.807, 2.05) is 5.10 Å². The van der Waals surface area contributed by atoms with Crippen molar-refractivity contribution in [3.63, 3.8) is 0 Å². The van der Waals surface area contributed by atoms with E-state index < -0.39 is 11.9 Å². The molecular weight excluding hydrogens is 183 g/mol. The number of hydrogen-bond donors (Lipinski definition) is 2. The molecule has 2 unspecified atom stereocenters. The lowest BCUT2D eigenvalue weighted by molar-refractivity contribution is -0.141. The van der Waals surface area contributed by atoms with Crippen LogP contribution in [0.2, 0.25) is 0 Å². The number of alkyl halides is 3. The van der Waals surface area contributed by atoms with Gasteiger partial charge in [-0.05, 0) is 6.42 Å². The second kappa shape index (κ2) is 2.47. The maximum absolute atomic E-state index is 12.3. The Morgan fingerprint density at radius 3 is 2.62 bits per heavy atom. The molecule has 3 N–H and O–H groups in total. The average molecular weight is 191 g/mol. The van der Waals surface area contributed by atoms with Gasteiger partial charge in [-0.3, -0.25) is 5.10 Å². The lowest BCUT2D eigenvalue weighted by atomic mass is 10.1. The zero-order valence-electron chi connectivity index (χ0n) is 6.60. The van der Waals surface area contributed by atoms with Crippen molar-refractivity contribution in [1.82, 2.24) is 10.2 Å². The molecule has 3 nitrogen and oxygen atoms in total. The number of aromatic amines is 1. The Hall–Kier alpha value is -1.04. The van der Waals surface area contributed by atoms with Gasteiger partial charge in [0.25, 0.3) is 0 Å². The lowest BCUT2D eigenvalue weighted by Crippen LogP contribution is -2.10. The van der Waals surface area contributed by atoms with Crippen molar-refractivity contribution < 1.29 is 13.2 Å². The number of nitrogens with zero attached hydrogens (tertiary/aromatic N) is 1. The predicted molar refractivity (Wildman–Crippen MR) is 38.9 cm³/mol. The molecule has 1 aromatic heterocycles. The highest BCUT2D eigenvalue weighted by Crippen LogP contribution is 2.43. The number of nitrogens with two attached hydrogens (primary N) is 1. The zero-order valence-corrected chi connectivity index (χ0v) is 6.60. The Balaban J connectivity index is 2.32. The van der Waals surface area contributed by atoms with E-state index in [4.69, 9.17) is 5.73 Å². The second-order valence-corrected chi connectivity index (χ2v) is 3.20. The normalized spacial score (nSPS) is 27.7. The molecule has 1 aliphatic carbocycles. The van der Waals surface area contributed by atoms with E-state index in [0.29, 0.717) is 6.42 Å². The monoisotopic (exact) mass is 191 g/mol. The Bertz CT molecular complexity index is 317. The van der Waals surface area contributed by atoms with Gasteiger partial charge in [0.05, 0.1) is 6.20 Å². The van der Waals surface area contributed by atoms with Gasteiger partial charge in [0.15, 0.2) is 0 Å². The van der Waals surface area contributed by atoms with Gasteiger partial charge in [-0.15, -0.1) is 0 Å². The van der Waals surface area contributed by atoms with Crippen LogP contribution in [-0.4, -0.2) is 16.2 Å². The van der Waals surface area contributed by atoms with E-state index in [0.717, 1.165) is 0 Å². The standard InChI is InChI=1S/C7H8F3N3/c8-7(9,10)6-4(2-12-13-6)3-1-5(3)11/h2-3,5H,1,11H2,(H,12,13). The summed E-state index contributed by atoms with van der Waals surface area (Å²) in [6.07, 6.45) is -2.53. The summed E-state index contributed by atoms with van der Waals surface area (Å²) >= 11 is 0. The largest absolute Gasteiger partial charge is 0.433 e. The third-order valence-electron chi connectivity index (χ3n) is 2.19. The summed E-state index contributed by atoms with van der Waals surface area (Å²) < 4.78 is 36.9. The third-order valence-corrected chi connectivity index (χ3v) is 2.19. The topological polar surface area (TPSA) is 54.7 Å². The summed E-state index contributed by atoms with van der Waals surface area (Å²) in [6.45, 7) is 0. The van der Waals surface area contributed by atoms with Crippen molar-refractivity contribution in [3.05, 3.63) is 17.5 Å². The van der Waals surface area contributed by atoms with Gasteiger partial charge in [-0.2, -0.15) is 18.3 Å². The molecule has 2 atom stereocenters. The maximum atomic E-state index is 12.3. The van der Waals surface area contributed by atoms with Crippen LogP contribution < -0.4 is 5.73 Å². The van der Waals surface area contributed by atoms with E-state index in [-0.39, 0.29) is 17.5 Å². The van der Waals surface area contributed by atoms with Gasteiger partial charge < -0.3 is 5.73 Å². The first-order valence-corrected chi connectivity index (χ1v) is 3.86. The van der Waals surface area contributed by atoms with Crippen LogP contribution in [0.3, 0.4) is 0 Å². The summed E-state index contributed by atoms with van der Waals surface area (Å²) in [6, 6.07) is -0.140. The van der Waals surface area contributed by atoms with Gasteiger partial charge in [-0.25, -0.2) is 0 Å². The number of rotatable bonds is 1. The zero-order chi connectivity index (χ0) is 9.64. The van der Waals surface area contributed by atoms with Crippen LogP contribution in [-0.2, 0) is 6.18 Å². The van der Waals surface area contributed by atoms with Gasteiger partial charge >= 0.3 is 6.18 Å². The fraction of sp³-hybridized carbons (Fsp3) is 0.571. The van der Waals surface area contributed by atoms with E-state index in [1.54, 1.807) is 0 Å². The minimum Gasteiger partial charge on any atom is -0.327 e. The van der Waals surface area contributed by atoms with Gasteiger partial charge in [0.1, 0.15) is 5.69 Å². The minimum atomic E-state index is -4.35. The van der Waals surface area contributed by atoms with Gasteiger partial charge in [-0.1, -0.05) is 0 Å². The van der Waals surface area contributed by atoms with Crippen molar-refractivity contribution in [2.75, 3.05) is 0 Å². The Morgan fingerprint density at radius 2 is 2.15 bits per heavy atom. The Kier molecular flexibility index (Phi) is 1.63. The highest BCUT2D eigenvalue weighted by atomic mass is 19.4. The van der Waals surface area contributed by atoms with Crippen LogP contribution >= 0.6 is 0 Å². The first-order valence-electron chi connectivity index (χ1n) is 3.86. The number of nitrogens with one attached hydrogen (secondary N) is 1. The molecule has 6 heteroatoms. The van der Waals surface area contributed by atoms with E-state index in [2.05, 4.69) is 5.10 Å². The number of H-pyrrole nitrogens is 1. The molecule has 0 spiro atoms. The molecule has 1 heterocycles. The van der Waals surface area contributed by atoms with Crippen molar-refractivity contribution >= 4 is 0 Å². The molecule has 0 bridgehead atoms. The number of hydrogen-bond acceptors (Lipinski definition) is 2. The maximum Gasteiger partial charge on any atom is 0.433 e. The van der Waals surface area contributed by atoms with Crippen molar-refractivity contribution in [2.24, 2.45) is 5.73 Å². The molecule has 1 aromatic rings. The molecule has 1 fully saturated rings. The number of halogens is 3. The number of aromatic nitrogens is 2. The summed E-state index contributed by atoms with van der Waals surface area (Å²) in [7, 11) is 0. The first kappa shape index (κ1) is 8.55. The molecule has 2 rings (SSSR count). The Labute approximate surface area is 72.1 Å². The third kappa shape index (κ3) is 1.41. The fourth-order valence-electron chi connectivity index (χ4n) is 1.38. The van der Waals surface area contributed by atoms with Crippen molar-refractivity contribution in [1.29, 1.82) is 0 Å². The molecule has 13 heavy (non-hydrogen) atoms. The quantitative estimate of drug-likeness (QED) is 0.701. The fourth-order valence-corrected chi connectivity index (χ4v) is 1.38. The van der Waals surface area contributed by atoms with Crippen molar-refractivity contribution in [2.45, 2.75) is 24.6 Å². The molecule has 1 saturated carbocycles. The molecule has 0 aromatic carbocycles. The van der Waals surface area contributed by atoms with Crippen LogP contribution in [0.15, 0.2) is 6.20 Å². The second-order valence-electron chi connectivity index (χ2n) is 3.20. The van der Waals surface area contributed by atoms with Crippen LogP contribution in [0.1, 0.15) is 23.6 Å². The molecular formula is C7H8F3N3. The molecule has 0 saturated heterocycles. The molecule has 0 aliphatic heterocycles. The average Bonchev–Trinajstić information content (AvgIpc) is 2.57. The van der Waals surface area contributed by atoms with Crippen LogP contribution in [0.25, 0.3) is 0 Å². The molecule has 1 aliphatic rings. The predicted octanol–water partition coefficient (Wildman–Crippen LogP) is 1.24. The van der Waals surface area contributed by atoms with Crippen LogP contribution in [0.4, 0.5) is 13.2 Å². The molecule has 72 valence electrons. The van der Waals surface area contributed by atoms with Crippen LogP contribution in [0.5, 0.6) is 0 Å². The summed E-state index contributed by atoms with van der Waals surface area (Å²) in [5.74, 6) is -0.171. The summed E-state index contributed by atoms with van der Waals surface area (Å²) in [5, 5.41) is 5.34.